The van der Waals surface area contributed by atoms with Crippen molar-refractivity contribution in [1.29, 1.82) is 0 Å². The highest BCUT2D eigenvalue weighted by molar-refractivity contribution is 5.56. The van der Waals surface area contributed by atoms with Gasteiger partial charge in [0.25, 0.3) is 0 Å². The Morgan fingerprint density at radius 3 is 2.47 bits per heavy atom. The maximum atomic E-state index is 11.1. The fraction of sp³-hybridized carbons (Fsp3) is 0.462. The molecule has 0 unspecified atom stereocenters. The van der Waals surface area contributed by atoms with Crippen LogP contribution < -0.4 is 0 Å². The van der Waals surface area contributed by atoms with E-state index in [-0.39, 0.29) is 23.3 Å². The molecule has 0 heterocycles. The Morgan fingerprint density at radius 1 is 1.35 bits per heavy atom. The Morgan fingerprint density at radius 2 is 2.00 bits per heavy atom. The molecule has 0 saturated carbocycles. The Kier molecular flexibility index (Phi) is 5.33. The summed E-state index contributed by atoms with van der Waals surface area (Å²) in [5.41, 5.74) is 0.870. The molecular formula is C13H17NO3. The molecule has 1 aromatic carbocycles. The highest BCUT2D eigenvalue weighted by Crippen LogP contribution is 2.27. The maximum Gasteiger partial charge on any atom is 0.211 e. The second-order valence-electron chi connectivity index (χ2n) is 4.12. The number of benzene rings is 1. The topological polar surface area (TPSA) is 60.2 Å². The summed E-state index contributed by atoms with van der Waals surface area (Å²) in [5, 5.41) is 10.7. The van der Waals surface area contributed by atoms with E-state index < -0.39 is 0 Å². The second kappa shape index (κ2) is 6.78. The minimum atomic E-state index is -0.343. The van der Waals surface area contributed by atoms with Crippen molar-refractivity contribution in [3.05, 3.63) is 46.0 Å². The zero-order valence-corrected chi connectivity index (χ0v) is 9.91. The monoisotopic (exact) mass is 235 g/mol. The number of rotatable bonds is 7. The molecule has 0 spiro atoms. The smallest absolute Gasteiger partial charge is 0.211 e. The van der Waals surface area contributed by atoms with Crippen LogP contribution in [0, 0.1) is 16.0 Å². The van der Waals surface area contributed by atoms with E-state index >= 15 is 0 Å². The molecule has 0 bridgehead atoms. The third-order valence-corrected chi connectivity index (χ3v) is 2.89. The van der Waals surface area contributed by atoms with Gasteiger partial charge in [0, 0.05) is 10.8 Å². The predicted octanol–water partition coefficient (Wildman–Crippen LogP) is 2.66. The van der Waals surface area contributed by atoms with E-state index in [2.05, 4.69) is 0 Å². The number of carbonyl (C=O) groups excluding carboxylic acids is 1. The van der Waals surface area contributed by atoms with Crippen LogP contribution in [0.2, 0.25) is 0 Å². The molecule has 0 aliphatic heterocycles. The van der Waals surface area contributed by atoms with Gasteiger partial charge in [-0.1, -0.05) is 43.7 Å². The Hall–Kier alpha value is -1.71. The molecule has 0 aliphatic rings. The van der Waals surface area contributed by atoms with Gasteiger partial charge in [0.15, 0.2) is 0 Å². The average molecular weight is 235 g/mol. The van der Waals surface area contributed by atoms with E-state index in [9.17, 15) is 14.9 Å². The van der Waals surface area contributed by atoms with Crippen LogP contribution in [-0.4, -0.2) is 17.8 Å². The second-order valence-corrected chi connectivity index (χ2v) is 4.12. The normalized spacial score (nSPS) is 13.9. The molecule has 1 aromatic rings. The van der Waals surface area contributed by atoms with Crippen LogP contribution in [0.4, 0.5) is 0 Å². The molecule has 17 heavy (non-hydrogen) atoms. The largest absolute Gasteiger partial charge is 0.303 e. The lowest BCUT2D eigenvalue weighted by Crippen LogP contribution is -2.22. The van der Waals surface area contributed by atoms with Crippen LogP contribution in [-0.2, 0) is 4.79 Å². The van der Waals surface area contributed by atoms with E-state index in [4.69, 9.17) is 0 Å². The molecule has 92 valence electrons. The number of hydrogen-bond acceptors (Lipinski definition) is 3. The maximum absolute atomic E-state index is 11.1. The Bertz CT molecular complexity index is 364. The van der Waals surface area contributed by atoms with Gasteiger partial charge in [-0.3, -0.25) is 10.1 Å². The number of nitrogens with zero attached hydrogens (tertiary/aromatic N) is 1. The van der Waals surface area contributed by atoms with Gasteiger partial charge in [0.05, 0.1) is 5.92 Å². The molecule has 4 nitrogen and oxygen atoms in total. The first-order valence-corrected chi connectivity index (χ1v) is 5.81. The SMILES string of the molecule is CCC[C@@H](C=O)[C@H](C[N+](=O)[O-])c1ccccc1. The number of carbonyl (C=O) groups is 1. The molecule has 0 amide bonds. The quantitative estimate of drug-likeness (QED) is 0.414. The zero-order chi connectivity index (χ0) is 12.7. The van der Waals surface area contributed by atoms with Crippen molar-refractivity contribution in [3.8, 4) is 0 Å². The first-order chi connectivity index (χ1) is 8.19. The molecular weight excluding hydrogens is 218 g/mol. The first kappa shape index (κ1) is 13.4. The highest BCUT2D eigenvalue weighted by Gasteiger charge is 2.26. The molecule has 4 heteroatoms. The summed E-state index contributed by atoms with van der Waals surface area (Å²) in [7, 11) is 0. The van der Waals surface area contributed by atoms with Gasteiger partial charge in [0.1, 0.15) is 6.29 Å². The molecule has 0 aromatic heterocycles. The fourth-order valence-electron chi connectivity index (χ4n) is 2.05. The fourth-order valence-corrected chi connectivity index (χ4v) is 2.05. The van der Waals surface area contributed by atoms with Crippen molar-refractivity contribution in [2.75, 3.05) is 6.54 Å². The standard InChI is InChI=1S/C13H17NO3/c1-2-6-12(10-15)13(9-14(16)17)11-7-4-3-5-8-11/h3-5,7-8,10,12-13H,2,6,9H2,1H3/t12-,13+/m0/s1. The summed E-state index contributed by atoms with van der Waals surface area (Å²) in [5.74, 6) is -0.587. The number of aldehydes is 1. The van der Waals surface area contributed by atoms with Crippen LogP contribution in [0.15, 0.2) is 30.3 Å². The minimum absolute atomic E-state index is 0.187. The Labute approximate surface area is 101 Å². The lowest BCUT2D eigenvalue weighted by atomic mass is 9.84. The van der Waals surface area contributed by atoms with Crippen molar-refractivity contribution in [2.24, 2.45) is 5.92 Å². The first-order valence-electron chi connectivity index (χ1n) is 5.81. The van der Waals surface area contributed by atoms with Gasteiger partial charge in [-0.2, -0.15) is 0 Å². The molecule has 0 aliphatic carbocycles. The number of nitro groups is 1. The van der Waals surface area contributed by atoms with Gasteiger partial charge in [0.2, 0.25) is 6.54 Å². The van der Waals surface area contributed by atoms with Gasteiger partial charge >= 0.3 is 0 Å². The minimum Gasteiger partial charge on any atom is -0.303 e. The molecule has 1 rings (SSSR count). The van der Waals surface area contributed by atoms with E-state index in [1.807, 2.05) is 37.3 Å². The number of hydrogen-bond donors (Lipinski definition) is 0. The lowest BCUT2D eigenvalue weighted by Gasteiger charge is -2.19. The van der Waals surface area contributed by atoms with Crippen LogP contribution >= 0.6 is 0 Å². The van der Waals surface area contributed by atoms with Crippen LogP contribution in [0.3, 0.4) is 0 Å². The average Bonchev–Trinajstić information content (AvgIpc) is 2.34. The van der Waals surface area contributed by atoms with Crippen molar-refractivity contribution < 1.29 is 9.72 Å². The van der Waals surface area contributed by atoms with Gasteiger partial charge < -0.3 is 4.79 Å². The zero-order valence-electron chi connectivity index (χ0n) is 9.91. The summed E-state index contributed by atoms with van der Waals surface area (Å²) >= 11 is 0. The van der Waals surface area contributed by atoms with Gasteiger partial charge in [-0.25, -0.2) is 0 Å². The van der Waals surface area contributed by atoms with Crippen LogP contribution in [0.1, 0.15) is 31.2 Å². The summed E-state index contributed by atoms with van der Waals surface area (Å²) in [6, 6.07) is 9.25. The van der Waals surface area contributed by atoms with Gasteiger partial charge in [-0.05, 0) is 12.0 Å². The Balaban J connectivity index is 2.93. The molecule has 0 fully saturated rings. The van der Waals surface area contributed by atoms with Crippen LogP contribution in [0.5, 0.6) is 0 Å². The highest BCUT2D eigenvalue weighted by atomic mass is 16.6. The van der Waals surface area contributed by atoms with Crippen molar-refractivity contribution in [1.82, 2.24) is 0 Å². The lowest BCUT2D eigenvalue weighted by molar-refractivity contribution is -0.484. The van der Waals surface area contributed by atoms with Crippen LogP contribution in [0.25, 0.3) is 0 Å². The summed E-state index contributed by atoms with van der Waals surface area (Å²) in [6.07, 6.45) is 2.39. The predicted molar refractivity (Wildman–Crippen MR) is 65.5 cm³/mol. The third-order valence-electron chi connectivity index (χ3n) is 2.89. The van der Waals surface area contributed by atoms with E-state index in [0.29, 0.717) is 6.42 Å². The summed E-state index contributed by atoms with van der Waals surface area (Å²) in [4.78, 5) is 21.4. The van der Waals surface area contributed by atoms with Crippen molar-refractivity contribution in [2.45, 2.75) is 25.7 Å². The summed E-state index contributed by atoms with van der Waals surface area (Å²) < 4.78 is 0. The molecule has 2 atom stereocenters. The van der Waals surface area contributed by atoms with E-state index in [1.165, 1.54) is 0 Å². The van der Waals surface area contributed by atoms with Crippen molar-refractivity contribution in [3.63, 3.8) is 0 Å². The summed E-state index contributed by atoms with van der Waals surface area (Å²) in [6.45, 7) is 1.79. The molecule has 0 saturated heterocycles. The van der Waals surface area contributed by atoms with Crippen molar-refractivity contribution >= 4 is 6.29 Å². The van der Waals surface area contributed by atoms with Gasteiger partial charge in [-0.15, -0.1) is 0 Å². The van der Waals surface area contributed by atoms with E-state index in [1.54, 1.807) is 0 Å². The molecule has 0 N–H and O–H groups in total. The third kappa shape index (κ3) is 3.98. The van der Waals surface area contributed by atoms with E-state index in [0.717, 1.165) is 18.3 Å². The molecule has 0 radical (unpaired) electrons.